The molecule has 0 saturated carbocycles. The van der Waals surface area contributed by atoms with Gasteiger partial charge in [0.25, 0.3) is 0 Å². The smallest absolute Gasteiger partial charge is 0.122 e. The topological polar surface area (TPSA) is 51.4 Å². The van der Waals surface area contributed by atoms with Crippen molar-refractivity contribution in [3.63, 3.8) is 0 Å². The van der Waals surface area contributed by atoms with Gasteiger partial charge in [-0.2, -0.15) is 0 Å². The predicted molar refractivity (Wildman–Crippen MR) is 86.6 cm³/mol. The summed E-state index contributed by atoms with van der Waals surface area (Å²) >= 11 is 0. The Kier molecular flexibility index (Phi) is 15.8. The molecule has 1 heterocycles. The molecule has 1 unspecified atom stereocenters. The third kappa shape index (κ3) is 12.2. The fourth-order valence-corrected chi connectivity index (χ4v) is 1.17. The highest BCUT2D eigenvalue weighted by molar-refractivity contribution is 7.16. The number of ether oxygens (including phenoxy) is 1. The van der Waals surface area contributed by atoms with E-state index in [2.05, 4.69) is 55.4 Å². The molecule has 0 saturated heterocycles. The summed E-state index contributed by atoms with van der Waals surface area (Å²) in [6.07, 6.45) is 8.36. The molecular weight excluding hydrogens is 292 g/mol. The van der Waals surface area contributed by atoms with Gasteiger partial charge in [0.2, 0.25) is 0 Å². The third-order valence-electron chi connectivity index (χ3n) is 2.40. The molecule has 0 spiro atoms. The Balaban J connectivity index is 0. The Morgan fingerprint density at radius 1 is 1.48 bits per heavy atom. The van der Waals surface area contributed by atoms with E-state index in [0.29, 0.717) is 6.16 Å². The SMILES string of the molecule is C#C.C=C(F)CP.CCN(CCOC)Cc1nonc1C. The summed E-state index contributed by atoms with van der Waals surface area (Å²) in [6, 6.07) is 0. The van der Waals surface area contributed by atoms with Crippen LogP contribution in [0.15, 0.2) is 17.0 Å². The predicted octanol–water partition coefficient (Wildman–Crippen LogP) is 2.44. The zero-order chi connectivity index (χ0) is 16.7. The van der Waals surface area contributed by atoms with Crippen molar-refractivity contribution in [2.75, 3.05) is 33.0 Å². The molecule has 5 nitrogen and oxygen atoms in total. The van der Waals surface area contributed by atoms with Crippen LogP contribution in [-0.4, -0.2) is 48.2 Å². The molecule has 7 heteroatoms. The number of aryl methyl sites for hydroxylation is 1. The van der Waals surface area contributed by atoms with Crippen LogP contribution >= 0.6 is 9.24 Å². The maximum Gasteiger partial charge on any atom is 0.122 e. The molecule has 0 fully saturated rings. The van der Waals surface area contributed by atoms with Crippen molar-refractivity contribution in [1.29, 1.82) is 0 Å². The van der Waals surface area contributed by atoms with E-state index in [0.717, 1.165) is 37.6 Å². The summed E-state index contributed by atoms with van der Waals surface area (Å²) < 4.78 is 20.9. The Morgan fingerprint density at radius 3 is 2.38 bits per heavy atom. The van der Waals surface area contributed by atoms with Gasteiger partial charge in [0.05, 0.1) is 12.4 Å². The van der Waals surface area contributed by atoms with E-state index < -0.39 is 0 Å². The van der Waals surface area contributed by atoms with Crippen LogP contribution in [0.4, 0.5) is 4.39 Å². The van der Waals surface area contributed by atoms with Crippen molar-refractivity contribution < 1.29 is 13.8 Å². The van der Waals surface area contributed by atoms with E-state index >= 15 is 0 Å². The van der Waals surface area contributed by atoms with Crippen LogP contribution in [0.5, 0.6) is 0 Å². The van der Waals surface area contributed by atoms with Crippen molar-refractivity contribution >= 4 is 9.24 Å². The molecule has 0 bridgehead atoms. The monoisotopic (exact) mass is 317 g/mol. The van der Waals surface area contributed by atoms with Gasteiger partial charge in [0.1, 0.15) is 11.4 Å². The summed E-state index contributed by atoms with van der Waals surface area (Å²) in [5.74, 6) is -0.282. The lowest BCUT2D eigenvalue weighted by Gasteiger charge is -2.18. The normalized spacial score (nSPS) is 9.33. The van der Waals surface area contributed by atoms with Crippen LogP contribution < -0.4 is 0 Å². The first kappa shape index (κ1) is 22.0. The quantitative estimate of drug-likeness (QED) is 0.571. The summed E-state index contributed by atoms with van der Waals surface area (Å²) in [5, 5.41) is 7.58. The minimum atomic E-state index is -0.282. The highest BCUT2D eigenvalue weighted by Gasteiger charge is 2.09. The van der Waals surface area contributed by atoms with Crippen LogP contribution in [-0.2, 0) is 11.3 Å². The number of rotatable bonds is 7. The first-order chi connectivity index (χ1) is 10.0. The van der Waals surface area contributed by atoms with Crippen LogP contribution in [0, 0.1) is 19.8 Å². The Labute approximate surface area is 129 Å². The zero-order valence-corrected chi connectivity index (χ0v) is 14.2. The van der Waals surface area contributed by atoms with E-state index in [1.807, 2.05) is 6.92 Å². The average molecular weight is 317 g/mol. The Morgan fingerprint density at radius 2 is 2.05 bits per heavy atom. The molecule has 1 rings (SSSR count). The molecule has 0 N–H and O–H groups in total. The number of aromatic nitrogens is 2. The molecule has 0 aliphatic carbocycles. The number of allylic oxidation sites excluding steroid dienone is 1. The van der Waals surface area contributed by atoms with Crippen LogP contribution in [0.1, 0.15) is 18.3 Å². The van der Waals surface area contributed by atoms with Gasteiger partial charge in [0, 0.05) is 26.4 Å². The highest BCUT2D eigenvalue weighted by atomic mass is 31.0. The number of hydrogen-bond acceptors (Lipinski definition) is 5. The second-order valence-electron chi connectivity index (χ2n) is 3.88. The molecule has 21 heavy (non-hydrogen) atoms. The summed E-state index contributed by atoms with van der Waals surface area (Å²) in [4.78, 5) is 2.23. The lowest BCUT2D eigenvalue weighted by atomic mass is 10.3. The minimum absolute atomic E-state index is 0.282. The van der Waals surface area contributed by atoms with Crippen molar-refractivity contribution in [3.8, 4) is 12.8 Å². The van der Waals surface area contributed by atoms with Gasteiger partial charge in [-0.15, -0.1) is 22.1 Å². The lowest BCUT2D eigenvalue weighted by Crippen LogP contribution is -2.27. The van der Waals surface area contributed by atoms with Crippen molar-refractivity contribution in [3.05, 3.63) is 23.8 Å². The largest absolute Gasteiger partial charge is 0.383 e. The number of likely N-dealkylation sites (N-methyl/N-ethyl adjacent to an activating group) is 1. The summed E-state index contributed by atoms with van der Waals surface area (Å²) in [5.41, 5.74) is 1.77. The van der Waals surface area contributed by atoms with E-state index in [-0.39, 0.29) is 5.83 Å². The summed E-state index contributed by atoms with van der Waals surface area (Å²) in [6.45, 7) is 10.4. The van der Waals surface area contributed by atoms with Crippen LogP contribution in [0.2, 0.25) is 0 Å². The van der Waals surface area contributed by atoms with E-state index in [9.17, 15) is 4.39 Å². The van der Waals surface area contributed by atoms with E-state index in [4.69, 9.17) is 4.74 Å². The molecule has 0 aromatic carbocycles. The Hall–Kier alpha value is -1.28. The minimum Gasteiger partial charge on any atom is -0.383 e. The van der Waals surface area contributed by atoms with Gasteiger partial charge in [-0.25, -0.2) is 9.02 Å². The van der Waals surface area contributed by atoms with E-state index in [1.165, 1.54) is 0 Å². The van der Waals surface area contributed by atoms with Crippen molar-refractivity contribution in [2.45, 2.75) is 20.4 Å². The number of nitrogens with zero attached hydrogens (tertiary/aromatic N) is 3. The van der Waals surface area contributed by atoms with Gasteiger partial charge in [-0.05, 0) is 13.5 Å². The molecule has 120 valence electrons. The maximum atomic E-state index is 11.2. The Bertz CT molecular complexity index is 397. The van der Waals surface area contributed by atoms with Gasteiger partial charge in [0.15, 0.2) is 0 Å². The van der Waals surface area contributed by atoms with Gasteiger partial charge in [-0.3, -0.25) is 4.90 Å². The maximum absolute atomic E-state index is 11.2. The first-order valence-electron chi connectivity index (χ1n) is 6.41. The van der Waals surface area contributed by atoms with Gasteiger partial charge < -0.3 is 4.74 Å². The fraction of sp³-hybridized carbons (Fsp3) is 0.571. The average Bonchev–Trinajstić information content (AvgIpc) is 2.91. The van der Waals surface area contributed by atoms with Crippen molar-refractivity contribution in [1.82, 2.24) is 15.2 Å². The zero-order valence-electron chi connectivity index (χ0n) is 13.0. The molecule has 0 radical (unpaired) electrons. The van der Waals surface area contributed by atoms with Crippen LogP contribution in [0.3, 0.4) is 0 Å². The van der Waals surface area contributed by atoms with Crippen molar-refractivity contribution in [2.24, 2.45) is 0 Å². The molecule has 0 amide bonds. The second-order valence-corrected chi connectivity index (χ2v) is 4.29. The number of halogens is 1. The fourth-order valence-electron chi connectivity index (χ4n) is 1.17. The third-order valence-corrected chi connectivity index (χ3v) is 2.84. The molecular formula is C14H25FN3O2P. The number of methoxy groups -OCH3 is 1. The molecule has 1 aromatic heterocycles. The number of terminal acetylenes is 1. The van der Waals surface area contributed by atoms with Gasteiger partial charge >= 0.3 is 0 Å². The first-order valence-corrected chi connectivity index (χ1v) is 7.22. The molecule has 1 aromatic rings. The second kappa shape index (κ2) is 15.1. The standard InChI is InChI=1S/C9H17N3O2.C3H6FP.C2H2/c1-4-12(5-6-13-3)7-9-8(2)10-14-11-9;1-3(4)2-5;1-2/h4-7H2,1-3H3;1-2,5H2;1-2H. The summed E-state index contributed by atoms with van der Waals surface area (Å²) in [7, 11) is 3.93. The van der Waals surface area contributed by atoms with E-state index in [1.54, 1.807) is 7.11 Å². The molecule has 0 aliphatic heterocycles. The van der Waals surface area contributed by atoms with Gasteiger partial charge in [-0.1, -0.05) is 23.8 Å². The number of hydrogen-bond donors (Lipinski definition) is 0. The molecule has 0 aliphatic rings. The highest BCUT2D eigenvalue weighted by Crippen LogP contribution is 2.04. The molecule has 1 atom stereocenters. The lowest BCUT2D eigenvalue weighted by molar-refractivity contribution is 0.145. The van der Waals surface area contributed by atoms with Crippen LogP contribution in [0.25, 0.3) is 0 Å².